The Morgan fingerprint density at radius 3 is 2.59 bits per heavy atom. The highest BCUT2D eigenvalue weighted by Crippen LogP contribution is 2.45. The van der Waals surface area contributed by atoms with Gasteiger partial charge in [0.15, 0.2) is 0 Å². The molecule has 0 radical (unpaired) electrons. The van der Waals surface area contributed by atoms with Crippen LogP contribution in [0.2, 0.25) is 0 Å². The van der Waals surface area contributed by atoms with E-state index in [4.69, 9.17) is 4.74 Å². The van der Waals surface area contributed by atoms with Crippen molar-refractivity contribution in [2.24, 2.45) is 5.92 Å². The number of rotatable bonds is 4. The first-order valence-corrected chi connectivity index (χ1v) is 10.7. The highest BCUT2D eigenvalue weighted by atomic mass is 19.3. The molecule has 32 heavy (non-hydrogen) atoms. The normalized spacial score (nSPS) is 22.8. The highest BCUT2D eigenvalue weighted by Gasteiger charge is 2.47. The number of alkyl halides is 2. The third-order valence-electron chi connectivity index (χ3n) is 6.48. The Bertz CT molecular complexity index is 1060. The van der Waals surface area contributed by atoms with Gasteiger partial charge in [-0.05, 0) is 30.5 Å². The number of nitrogens with zero attached hydrogens (tertiary/aromatic N) is 4. The van der Waals surface area contributed by atoms with Crippen LogP contribution in [0.15, 0.2) is 30.6 Å². The molecular weight excluding hydrogens is 422 g/mol. The van der Waals surface area contributed by atoms with Crippen LogP contribution in [0.4, 0.5) is 25.0 Å². The van der Waals surface area contributed by atoms with Gasteiger partial charge in [0, 0.05) is 37.6 Å². The van der Waals surface area contributed by atoms with E-state index in [1.807, 2.05) is 16.9 Å². The van der Waals surface area contributed by atoms with Crippen LogP contribution >= 0.6 is 0 Å². The van der Waals surface area contributed by atoms with Gasteiger partial charge >= 0.3 is 6.09 Å². The second kappa shape index (κ2) is 7.54. The zero-order chi connectivity index (χ0) is 22.6. The van der Waals surface area contributed by atoms with Gasteiger partial charge in [0.2, 0.25) is 11.8 Å². The molecule has 5 rings (SSSR count). The Morgan fingerprint density at radius 1 is 1.22 bits per heavy atom. The molecule has 10 heteroatoms. The molecule has 3 heterocycles. The lowest BCUT2D eigenvalue weighted by molar-refractivity contribution is -0.132. The Hall–Kier alpha value is -3.01. The van der Waals surface area contributed by atoms with Crippen molar-refractivity contribution >= 4 is 23.4 Å². The van der Waals surface area contributed by atoms with E-state index < -0.39 is 18.1 Å². The number of carbonyl (C=O) groups is 2. The van der Waals surface area contributed by atoms with Gasteiger partial charge in [-0.2, -0.15) is 5.10 Å². The average molecular weight is 446 g/mol. The van der Waals surface area contributed by atoms with Crippen LogP contribution in [0, 0.1) is 5.92 Å². The summed E-state index contributed by atoms with van der Waals surface area (Å²) in [6.45, 7) is 3.10. The lowest BCUT2D eigenvalue weighted by Gasteiger charge is -2.42. The molecule has 0 spiro atoms. The maximum absolute atomic E-state index is 13.2. The standard InChI is InChI=1S/C22H24F2N4O4/c1-13-9-26(21(30)31)19-5-15(16-8-25-27(10-16)17-11-32-12-17)2-3-18(19)28(13)20(29)4-14-6-22(23,24)7-14/h2-3,5,8,10,13-14,17H,4,6-7,9,11-12H2,1H3,(H,30,31)/t13-/m0/s1. The number of hydrogen-bond acceptors (Lipinski definition) is 4. The van der Waals surface area contributed by atoms with E-state index in [0.29, 0.717) is 24.6 Å². The molecular formula is C22H24F2N4O4. The smallest absolute Gasteiger partial charge is 0.411 e. The minimum atomic E-state index is -2.68. The average Bonchev–Trinajstić information content (AvgIpc) is 3.13. The fourth-order valence-corrected chi connectivity index (χ4v) is 4.70. The molecule has 0 unspecified atom stereocenters. The lowest BCUT2D eigenvalue weighted by atomic mass is 9.79. The van der Waals surface area contributed by atoms with Crippen molar-refractivity contribution in [1.29, 1.82) is 0 Å². The maximum Gasteiger partial charge on any atom is 0.411 e. The monoisotopic (exact) mass is 446 g/mol. The molecule has 1 saturated carbocycles. The summed E-state index contributed by atoms with van der Waals surface area (Å²) in [5.74, 6) is -3.28. The number of benzene rings is 1. The van der Waals surface area contributed by atoms with Crippen LogP contribution in [0.3, 0.4) is 0 Å². The number of anilines is 2. The molecule has 1 saturated heterocycles. The number of amides is 2. The van der Waals surface area contributed by atoms with Crippen LogP contribution in [0.5, 0.6) is 0 Å². The zero-order valence-electron chi connectivity index (χ0n) is 17.6. The van der Waals surface area contributed by atoms with E-state index in [9.17, 15) is 23.5 Å². The van der Waals surface area contributed by atoms with Gasteiger partial charge in [-0.25, -0.2) is 13.6 Å². The number of carboxylic acid groups (broad SMARTS) is 1. The number of carbonyl (C=O) groups excluding carboxylic acids is 1. The minimum Gasteiger partial charge on any atom is -0.465 e. The minimum absolute atomic E-state index is 0.0322. The SMILES string of the molecule is C[C@H]1CN(C(=O)O)c2cc(-c3cnn(C4COC4)c3)ccc2N1C(=O)CC1CC(F)(F)C1. The van der Waals surface area contributed by atoms with E-state index in [1.165, 1.54) is 4.90 Å². The van der Waals surface area contributed by atoms with Gasteiger partial charge in [0.25, 0.3) is 0 Å². The number of hydrogen-bond donors (Lipinski definition) is 1. The molecule has 2 aromatic rings. The predicted molar refractivity (Wildman–Crippen MR) is 112 cm³/mol. The first-order valence-electron chi connectivity index (χ1n) is 10.7. The summed E-state index contributed by atoms with van der Waals surface area (Å²) in [5, 5.41) is 14.1. The van der Waals surface area contributed by atoms with Gasteiger partial charge in [-0.3, -0.25) is 14.4 Å². The Labute approximate surface area is 183 Å². The summed E-state index contributed by atoms with van der Waals surface area (Å²) in [4.78, 5) is 27.8. The molecule has 2 amide bonds. The molecule has 1 N–H and O–H groups in total. The first kappa shape index (κ1) is 20.9. The van der Waals surface area contributed by atoms with Crippen molar-refractivity contribution in [3.05, 3.63) is 30.6 Å². The summed E-state index contributed by atoms with van der Waals surface area (Å²) in [6, 6.07) is 5.09. The van der Waals surface area contributed by atoms with Crippen LogP contribution in [0.25, 0.3) is 11.1 Å². The van der Waals surface area contributed by atoms with Gasteiger partial charge in [-0.15, -0.1) is 0 Å². The van der Waals surface area contributed by atoms with E-state index in [1.54, 1.807) is 30.2 Å². The quantitative estimate of drug-likeness (QED) is 0.772. The molecule has 1 aromatic heterocycles. The summed E-state index contributed by atoms with van der Waals surface area (Å²) in [5.41, 5.74) is 2.49. The molecule has 2 aliphatic heterocycles. The van der Waals surface area contributed by atoms with Crippen LogP contribution in [-0.4, -0.2) is 58.6 Å². The number of halogens is 2. The van der Waals surface area contributed by atoms with Crippen LogP contribution < -0.4 is 9.80 Å². The first-order chi connectivity index (χ1) is 15.2. The predicted octanol–water partition coefficient (Wildman–Crippen LogP) is 3.78. The van der Waals surface area contributed by atoms with E-state index in [2.05, 4.69) is 5.10 Å². The van der Waals surface area contributed by atoms with E-state index in [-0.39, 0.29) is 43.7 Å². The molecule has 0 bridgehead atoms. The number of fused-ring (bicyclic) bond motifs is 1. The molecule has 8 nitrogen and oxygen atoms in total. The van der Waals surface area contributed by atoms with Crippen molar-refractivity contribution in [2.75, 3.05) is 29.6 Å². The van der Waals surface area contributed by atoms with Crippen molar-refractivity contribution in [2.45, 2.75) is 44.2 Å². The molecule has 2 fully saturated rings. The number of aromatic nitrogens is 2. The van der Waals surface area contributed by atoms with Crippen molar-refractivity contribution in [1.82, 2.24) is 9.78 Å². The van der Waals surface area contributed by atoms with Gasteiger partial charge in [0.1, 0.15) is 0 Å². The summed E-state index contributed by atoms with van der Waals surface area (Å²) >= 11 is 0. The van der Waals surface area contributed by atoms with Crippen LogP contribution in [0.1, 0.15) is 32.2 Å². The Kier molecular flexibility index (Phi) is 4.92. The lowest BCUT2D eigenvalue weighted by Crippen LogP contribution is -2.52. The van der Waals surface area contributed by atoms with Crippen molar-refractivity contribution in [3.8, 4) is 11.1 Å². The fourth-order valence-electron chi connectivity index (χ4n) is 4.70. The third kappa shape index (κ3) is 3.62. The summed E-state index contributed by atoms with van der Waals surface area (Å²) < 4.78 is 33.5. The van der Waals surface area contributed by atoms with Crippen LogP contribution in [-0.2, 0) is 9.53 Å². The molecule has 1 aromatic carbocycles. The third-order valence-corrected chi connectivity index (χ3v) is 6.48. The largest absolute Gasteiger partial charge is 0.465 e. The van der Waals surface area contributed by atoms with Gasteiger partial charge < -0.3 is 14.7 Å². The fraction of sp³-hybridized carbons (Fsp3) is 0.500. The summed E-state index contributed by atoms with van der Waals surface area (Å²) in [7, 11) is 0. The molecule has 3 aliphatic rings. The highest BCUT2D eigenvalue weighted by molar-refractivity contribution is 6.03. The second-order valence-electron chi connectivity index (χ2n) is 8.94. The second-order valence-corrected chi connectivity index (χ2v) is 8.94. The number of ether oxygens (including phenoxy) is 1. The van der Waals surface area contributed by atoms with Gasteiger partial charge in [-0.1, -0.05) is 6.07 Å². The van der Waals surface area contributed by atoms with Crippen molar-refractivity contribution < 1.29 is 28.2 Å². The van der Waals surface area contributed by atoms with Gasteiger partial charge in [0.05, 0.1) is 42.9 Å². The molecule has 1 aliphatic carbocycles. The van der Waals surface area contributed by atoms with E-state index >= 15 is 0 Å². The maximum atomic E-state index is 13.2. The zero-order valence-corrected chi connectivity index (χ0v) is 17.6. The summed E-state index contributed by atoms with van der Waals surface area (Å²) in [6.07, 6.45) is 1.99. The topological polar surface area (TPSA) is 87.9 Å². The Morgan fingerprint density at radius 2 is 1.97 bits per heavy atom. The molecule has 170 valence electrons. The molecule has 1 atom stereocenters. The Balaban J connectivity index is 1.44. The van der Waals surface area contributed by atoms with Crippen molar-refractivity contribution in [3.63, 3.8) is 0 Å². The van der Waals surface area contributed by atoms with E-state index in [0.717, 1.165) is 11.1 Å².